The van der Waals surface area contributed by atoms with Crippen molar-refractivity contribution in [3.63, 3.8) is 0 Å². The highest BCUT2D eigenvalue weighted by Crippen LogP contribution is 2.03. The predicted octanol–water partition coefficient (Wildman–Crippen LogP) is -0.401. The molecule has 4 heteroatoms. The van der Waals surface area contributed by atoms with E-state index in [0.717, 1.165) is 0 Å². The van der Waals surface area contributed by atoms with Gasteiger partial charge in [0.2, 0.25) is 0 Å². The molecule has 0 aromatic heterocycles. The average Bonchev–Trinajstić information content (AvgIpc) is 2.14. The number of carbonyl (C=O) groups excluding carboxylic acids is 2. The van der Waals surface area contributed by atoms with E-state index in [9.17, 15) is 9.59 Å². The molecule has 0 aliphatic carbocycles. The largest absolute Gasteiger partial charge is 0.335 e. The number of nitrogens with one attached hydrogen (secondary N) is 1. The maximum Gasteiger partial charge on any atom is 0.317 e. The number of likely N-dealkylation sites (N-methyl/N-ethyl adjacent to an activating group) is 1. The van der Waals surface area contributed by atoms with Crippen LogP contribution in [0.1, 0.15) is 6.92 Å². The summed E-state index contributed by atoms with van der Waals surface area (Å²) in [6, 6.07) is -0.423. The Morgan fingerprint density at radius 2 is 2.40 bits per heavy atom. The van der Waals surface area contributed by atoms with Crippen molar-refractivity contribution < 1.29 is 9.59 Å². The highest BCUT2D eigenvalue weighted by Gasteiger charge is 2.29. The van der Waals surface area contributed by atoms with Crippen LogP contribution in [0.15, 0.2) is 0 Å². The van der Waals surface area contributed by atoms with Crippen molar-refractivity contribution in [1.82, 2.24) is 10.2 Å². The maximum atomic E-state index is 10.8. The Labute approximate surface area is 59.2 Å². The third kappa shape index (κ3) is 0.964. The van der Waals surface area contributed by atoms with Crippen LogP contribution in [-0.4, -0.2) is 36.3 Å². The van der Waals surface area contributed by atoms with Crippen molar-refractivity contribution in [2.45, 2.75) is 13.0 Å². The van der Waals surface area contributed by atoms with Crippen LogP contribution in [0.25, 0.3) is 0 Å². The molecule has 0 aromatic rings. The molecule has 1 aliphatic heterocycles. The zero-order valence-corrected chi connectivity index (χ0v) is 6.05. The Hall–Kier alpha value is -1.06. The summed E-state index contributed by atoms with van der Waals surface area (Å²) in [5, 5.41) is 2.57. The monoisotopic (exact) mass is 142 g/mol. The first-order valence-electron chi connectivity index (χ1n) is 3.14. The number of ketones is 1. The Bertz CT molecular complexity index is 179. The molecule has 1 rings (SSSR count). The Morgan fingerprint density at radius 1 is 1.80 bits per heavy atom. The van der Waals surface area contributed by atoms with Gasteiger partial charge in [-0.05, 0) is 6.92 Å². The molecule has 4 nitrogen and oxygen atoms in total. The van der Waals surface area contributed by atoms with Crippen LogP contribution in [-0.2, 0) is 4.79 Å². The van der Waals surface area contributed by atoms with Gasteiger partial charge in [0.1, 0.15) is 6.04 Å². The first-order chi connectivity index (χ1) is 4.63. The Balaban J connectivity index is 2.66. The number of carbonyl (C=O) groups is 2. The van der Waals surface area contributed by atoms with Crippen LogP contribution < -0.4 is 5.32 Å². The molecule has 1 aliphatic rings. The second kappa shape index (κ2) is 2.28. The first kappa shape index (κ1) is 7.05. The number of hydrogen-bond acceptors (Lipinski definition) is 2. The SMILES string of the molecule is CC(=O)[C@@H]1CNC(=O)N1C. The van der Waals surface area contributed by atoms with Gasteiger partial charge >= 0.3 is 6.03 Å². The van der Waals surface area contributed by atoms with Crippen LogP contribution >= 0.6 is 0 Å². The van der Waals surface area contributed by atoms with E-state index in [-0.39, 0.29) is 17.9 Å². The van der Waals surface area contributed by atoms with Crippen molar-refractivity contribution in [2.75, 3.05) is 13.6 Å². The second-order valence-electron chi connectivity index (χ2n) is 2.42. The molecule has 56 valence electrons. The summed E-state index contributed by atoms with van der Waals surface area (Å²) >= 11 is 0. The third-order valence-electron chi connectivity index (χ3n) is 1.70. The summed E-state index contributed by atoms with van der Waals surface area (Å²) in [6.07, 6.45) is 0. The summed E-state index contributed by atoms with van der Waals surface area (Å²) in [7, 11) is 1.62. The number of rotatable bonds is 1. The smallest absolute Gasteiger partial charge is 0.317 e. The number of hydrogen-bond donors (Lipinski definition) is 1. The van der Waals surface area contributed by atoms with Crippen LogP contribution in [0.4, 0.5) is 4.79 Å². The summed E-state index contributed by atoms with van der Waals surface area (Å²) in [6.45, 7) is 1.94. The van der Waals surface area contributed by atoms with Crippen molar-refractivity contribution in [3.05, 3.63) is 0 Å². The highest BCUT2D eigenvalue weighted by atomic mass is 16.2. The fraction of sp³-hybridized carbons (Fsp3) is 0.667. The lowest BCUT2D eigenvalue weighted by Crippen LogP contribution is -2.34. The summed E-state index contributed by atoms with van der Waals surface area (Å²) in [5.41, 5.74) is 0. The molecule has 0 radical (unpaired) electrons. The predicted molar refractivity (Wildman–Crippen MR) is 35.6 cm³/mol. The van der Waals surface area contributed by atoms with Gasteiger partial charge < -0.3 is 10.2 Å². The summed E-state index contributed by atoms with van der Waals surface area (Å²) in [4.78, 5) is 22.9. The van der Waals surface area contributed by atoms with Gasteiger partial charge in [0.15, 0.2) is 5.78 Å². The Morgan fingerprint density at radius 3 is 2.60 bits per heavy atom. The molecular weight excluding hydrogens is 132 g/mol. The summed E-state index contributed by atoms with van der Waals surface area (Å²) < 4.78 is 0. The quantitative estimate of drug-likeness (QED) is 0.541. The minimum absolute atomic E-state index is 0.0286. The van der Waals surface area contributed by atoms with Crippen molar-refractivity contribution >= 4 is 11.8 Å². The molecule has 1 N–H and O–H groups in total. The van der Waals surface area contributed by atoms with E-state index < -0.39 is 0 Å². The van der Waals surface area contributed by atoms with Crippen molar-refractivity contribution in [2.24, 2.45) is 0 Å². The topological polar surface area (TPSA) is 49.4 Å². The molecular formula is C6H10N2O2. The van der Waals surface area contributed by atoms with Gasteiger partial charge in [0, 0.05) is 13.6 Å². The van der Waals surface area contributed by atoms with E-state index in [1.807, 2.05) is 0 Å². The molecule has 1 saturated heterocycles. The number of Topliss-reactive ketones (excluding diaryl/α,β-unsaturated/α-hetero) is 1. The molecule has 0 spiro atoms. The molecule has 2 amide bonds. The standard InChI is InChI=1S/C6H10N2O2/c1-4(9)5-3-7-6(10)8(5)2/h5H,3H2,1-2H3,(H,7,10)/t5-/m0/s1. The molecule has 0 unspecified atom stereocenters. The molecule has 0 aromatic carbocycles. The van der Waals surface area contributed by atoms with Gasteiger partial charge in [0.25, 0.3) is 0 Å². The zero-order valence-electron chi connectivity index (χ0n) is 6.05. The van der Waals surface area contributed by atoms with Crippen molar-refractivity contribution in [3.8, 4) is 0 Å². The maximum absolute atomic E-state index is 10.8. The molecule has 0 bridgehead atoms. The second-order valence-corrected chi connectivity index (χ2v) is 2.42. The lowest BCUT2D eigenvalue weighted by molar-refractivity contribution is -0.120. The van der Waals surface area contributed by atoms with E-state index in [4.69, 9.17) is 0 Å². The van der Waals surface area contributed by atoms with Gasteiger partial charge in [-0.15, -0.1) is 0 Å². The van der Waals surface area contributed by atoms with Crippen LogP contribution in [0.5, 0.6) is 0 Å². The Kier molecular flexibility index (Phi) is 1.61. The molecule has 1 heterocycles. The number of nitrogens with zero attached hydrogens (tertiary/aromatic N) is 1. The first-order valence-corrected chi connectivity index (χ1v) is 3.14. The molecule has 1 fully saturated rings. The molecule has 1 atom stereocenters. The fourth-order valence-electron chi connectivity index (χ4n) is 1.00. The van der Waals surface area contributed by atoms with E-state index >= 15 is 0 Å². The zero-order chi connectivity index (χ0) is 7.72. The minimum atomic E-state index is -0.257. The molecule has 10 heavy (non-hydrogen) atoms. The average molecular weight is 142 g/mol. The number of urea groups is 1. The minimum Gasteiger partial charge on any atom is -0.335 e. The van der Waals surface area contributed by atoms with Crippen LogP contribution in [0.3, 0.4) is 0 Å². The van der Waals surface area contributed by atoms with Gasteiger partial charge in [-0.25, -0.2) is 4.79 Å². The van der Waals surface area contributed by atoms with Crippen LogP contribution in [0.2, 0.25) is 0 Å². The number of amides is 2. The van der Waals surface area contributed by atoms with Crippen molar-refractivity contribution in [1.29, 1.82) is 0 Å². The fourth-order valence-corrected chi connectivity index (χ4v) is 1.00. The normalized spacial score (nSPS) is 24.8. The lowest BCUT2D eigenvalue weighted by atomic mass is 10.2. The van der Waals surface area contributed by atoms with E-state index in [1.54, 1.807) is 7.05 Å². The molecule has 0 saturated carbocycles. The van der Waals surface area contributed by atoms with E-state index in [0.29, 0.717) is 6.54 Å². The van der Waals surface area contributed by atoms with Crippen LogP contribution in [0, 0.1) is 0 Å². The van der Waals surface area contributed by atoms with E-state index in [2.05, 4.69) is 5.32 Å². The van der Waals surface area contributed by atoms with E-state index in [1.165, 1.54) is 11.8 Å². The van der Waals surface area contributed by atoms with Gasteiger partial charge in [-0.2, -0.15) is 0 Å². The third-order valence-corrected chi connectivity index (χ3v) is 1.70. The lowest BCUT2D eigenvalue weighted by Gasteiger charge is -2.13. The highest BCUT2D eigenvalue weighted by molar-refractivity contribution is 5.90. The summed E-state index contributed by atoms with van der Waals surface area (Å²) in [5.74, 6) is 0.0286. The van der Waals surface area contributed by atoms with Gasteiger partial charge in [0.05, 0.1) is 0 Å². The van der Waals surface area contributed by atoms with Gasteiger partial charge in [-0.1, -0.05) is 0 Å². The van der Waals surface area contributed by atoms with Gasteiger partial charge in [-0.3, -0.25) is 4.79 Å².